The van der Waals surface area contributed by atoms with Crippen LogP contribution in [-0.4, -0.2) is 17.8 Å². The highest BCUT2D eigenvalue weighted by molar-refractivity contribution is 5.33. The summed E-state index contributed by atoms with van der Waals surface area (Å²) in [6, 6.07) is 2.26. The van der Waals surface area contributed by atoms with Crippen LogP contribution < -0.4 is 0 Å². The molecular formula is C20H27NO2. The number of fused-ring (bicyclic) bond motifs is 4. The molecule has 0 heterocycles. The van der Waals surface area contributed by atoms with Gasteiger partial charge in [-0.25, -0.2) is 0 Å². The maximum Gasteiger partial charge on any atom is 0.156 e. The maximum absolute atomic E-state index is 10.8. The third kappa shape index (κ3) is 1.97. The number of hydrogen-bond acceptors (Lipinski definition) is 3. The Kier molecular flexibility index (Phi) is 3.39. The molecule has 0 aromatic heterocycles. The summed E-state index contributed by atoms with van der Waals surface area (Å²) in [6.07, 6.45) is 10.5. The molecule has 0 amide bonds. The third-order valence-corrected chi connectivity index (χ3v) is 7.65. The van der Waals surface area contributed by atoms with Crippen molar-refractivity contribution >= 4 is 0 Å². The van der Waals surface area contributed by atoms with E-state index in [2.05, 4.69) is 19.1 Å². The fraction of sp³-hybridized carbons (Fsp3) is 0.750. The van der Waals surface area contributed by atoms with Crippen molar-refractivity contribution in [3.8, 4) is 6.07 Å². The lowest BCUT2D eigenvalue weighted by Crippen LogP contribution is -2.50. The summed E-state index contributed by atoms with van der Waals surface area (Å²) < 4.78 is 5.46. The lowest BCUT2D eigenvalue weighted by Gasteiger charge is -2.52. The van der Waals surface area contributed by atoms with Crippen molar-refractivity contribution in [3.63, 3.8) is 0 Å². The molecule has 0 radical (unpaired) electrons. The zero-order chi connectivity index (χ0) is 16.2. The van der Waals surface area contributed by atoms with Gasteiger partial charge in [-0.15, -0.1) is 0 Å². The van der Waals surface area contributed by atoms with Crippen LogP contribution in [0.15, 0.2) is 23.0 Å². The molecule has 2 saturated carbocycles. The molecule has 3 nitrogen and oxygen atoms in total. The Morgan fingerprint density at radius 2 is 2.13 bits per heavy atom. The quantitative estimate of drug-likeness (QED) is 0.586. The van der Waals surface area contributed by atoms with E-state index < -0.39 is 5.60 Å². The summed E-state index contributed by atoms with van der Waals surface area (Å²) in [7, 11) is 1.77. The molecule has 4 rings (SSSR count). The number of allylic oxidation sites excluding steroid dienone is 3. The van der Waals surface area contributed by atoms with Crippen molar-refractivity contribution in [1.82, 2.24) is 0 Å². The van der Waals surface area contributed by atoms with Crippen LogP contribution in [0.25, 0.3) is 0 Å². The molecule has 1 N–H and O–H groups in total. The monoisotopic (exact) mass is 313 g/mol. The van der Waals surface area contributed by atoms with Gasteiger partial charge in [0, 0.05) is 11.8 Å². The van der Waals surface area contributed by atoms with Gasteiger partial charge in [-0.05, 0) is 68.8 Å². The first-order valence-corrected chi connectivity index (χ1v) is 9.10. The van der Waals surface area contributed by atoms with Crippen molar-refractivity contribution in [2.45, 2.75) is 63.9 Å². The van der Waals surface area contributed by atoms with Crippen molar-refractivity contribution in [3.05, 3.63) is 23.0 Å². The minimum absolute atomic E-state index is 0.205. The van der Waals surface area contributed by atoms with Gasteiger partial charge < -0.3 is 9.84 Å². The molecule has 0 bridgehead atoms. The summed E-state index contributed by atoms with van der Waals surface area (Å²) in [5.74, 6) is 2.97. The average molecular weight is 313 g/mol. The average Bonchev–Trinajstić information content (AvgIpc) is 2.86. The number of ether oxygens (including phenoxy) is 1. The van der Waals surface area contributed by atoms with E-state index in [1.807, 2.05) is 0 Å². The van der Waals surface area contributed by atoms with Crippen LogP contribution >= 0.6 is 0 Å². The SMILES string of the molecule is COC1=CCC2=C(CC[C@@H]3[C@@H]2CC[C@@]2(C)[C@H]3CC[C@@]2(O)C#N)C1. The Morgan fingerprint density at radius 3 is 2.87 bits per heavy atom. The topological polar surface area (TPSA) is 53.2 Å². The second-order valence-corrected chi connectivity index (χ2v) is 8.27. The zero-order valence-corrected chi connectivity index (χ0v) is 14.3. The van der Waals surface area contributed by atoms with E-state index in [0.717, 1.165) is 37.9 Å². The molecular weight excluding hydrogens is 286 g/mol. The van der Waals surface area contributed by atoms with Gasteiger partial charge in [-0.1, -0.05) is 18.1 Å². The van der Waals surface area contributed by atoms with Crippen LogP contribution in [0.3, 0.4) is 0 Å². The summed E-state index contributed by atoms with van der Waals surface area (Å²) in [4.78, 5) is 0. The molecule has 4 aliphatic rings. The maximum atomic E-state index is 10.8. The van der Waals surface area contributed by atoms with E-state index in [-0.39, 0.29) is 5.41 Å². The molecule has 23 heavy (non-hydrogen) atoms. The summed E-state index contributed by atoms with van der Waals surface area (Å²) >= 11 is 0. The number of aliphatic hydroxyl groups is 1. The molecule has 0 spiro atoms. The van der Waals surface area contributed by atoms with Gasteiger partial charge in [-0.3, -0.25) is 0 Å². The lowest BCUT2D eigenvalue weighted by molar-refractivity contribution is -0.0719. The first-order valence-electron chi connectivity index (χ1n) is 9.10. The van der Waals surface area contributed by atoms with Gasteiger partial charge in [0.15, 0.2) is 5.60 Å². The van der Waals surface area contributed by atoms with E-state index in [0.29, 0.717) is 24.2 Å². The van der Waals surface area contributed by atoms with Gasteiger partial charge in [0.2, 0.25) is 0 Å². The van der Waals surface area contributed by atoms with E-state index in [9.17, 15) is 10.4 Å². The van der Waals surface area contributed by atoms with E-state index in [4.69, 9.17) is 4.74 Å². The number of rotatable bonds is 1. The highest BCUT2D eigenvalue weighted by Crippen LogP contribution is 2.64. The third-order valence-electron chi connectivity index (χ3n) is 7.65. The lowest BCUT2D eigenvalue weighted by atomic mass is 9.53. The number of nitrogens with zero attached hydrogens (tertiary/aromatic N) is 1. The first-order chi connectivity index (χ1) is 11.0. The number of hydrogen-bond donors (Lipinski definition) is 1. The van der Waals surface area contributed by atoms with Gasteiger partial charge in [0.25, 0.3) is 0 Å². The van der Waals surface area contributed by atoms with Crippen LogP contribution in [0, 0.1) is 34.5 Å². The molecule has 0 unspecified atom stereocenters. The largest absolute Gasteiger partial charge is 0.501 e. The molecule has 3 heteroatoms. The molecule has 4 aliphatic carbocycles. The molecule has 0 aromatic carbocycles. The van der Waals surface area contributed by atoms with E-state index >= 15 is 0 Å². The number of methoxy groups -OCH3 is 1. The predicted octanol–water partition coefficient (Wildman–Crippen LogP) is 4.10. The van der Waals surface area contributed by atoms with Crippen molar-refractivity contribution in [2.24, 2.45) is 23.2 Å². The van der Waals surface area contributed by atoms with Gasteiger partial charge in [-0.2, -0.15) is 5.26 Å². The Morgan fingerprint density at radius 1 is 1.30 bits per heavy atom. The van der Waals surface area contributed by atoms with Crippen molar-refractivity contribution in [1.29, 1.82) is 5.26 Å². The summed E-state index contributed by atoms with van der Waals surface area (Å²) in [6.45, 7) is 2.18. The Balaban J connectivity index is 1.63. The fourth-order valence-electron chi connectivity index (χ4n) is 6.25. The highest BCUT2D eigenvalue weighted by Gasteiger charge is 2.62. The van der Waals surface area contributed by atoms with E-state index in [1.165, 1.54) is 12.8 Å². The molecule has 0 aromatic rings. The smallest absolute Gasteiger partial charge is 0.156 e. The summed E-state index contributed by atoms with van der Waals surface area (Å²) in [5, 5.41) is 20.4. The van der Waals surface area contributed by atoms with Gasteiger partial charge in [0.05, 0.1) is 18.9 Å². The van der Waals surface area contributed by atoms with Crippen LogP contribution in [-0.2, 0) is 4.74 Å². The second kappa shape index (κ2) is 5.11. The van der Waals surface area contributed by atoms with Crippen LogP contribution in [0.1, 0.15) is 58.3 Å². The molecule has 124 valence electrons. The summed E-state index contributed by atoms with van der Waals surface area (Å²) in [5.41, 5.74) is 1.97. The molecule has 5 atom stereocenters. The number of nitriles is 1. The standard InChI is InChI=1S/C20H27NO2/c1-19-9-7-16-15-6-4-14(23-2)11-13(15)3-5-17(16)18(19)8-10-20(19,22)12-21/h4,16-18,22H,3,5-11H2,1-2H3/t16-,17-,18+,19+,20-/m1/s1. The van der Waals surface area contributed by atoms with Crippen LogP contribution in [0.5, 0.6) is 0 Å². The Bertz CT molecular complexity index is 628. The minimum Gasteiger partial charge on any atom is -0.501 e. The van der Waals surface area contributed by atoms with Crippen molar-refractivity contribution in [2.75, 3.05) is 7.11 Å². The van der Waals surface area contributed by atoms with Crippen LogP contribution in [0.4, 0.5) is 0 Å². The van der Waals surface area contributed by atoms with Crippen molar-refractivity contribution < 1.29 is 9.84 Å². The highest BCUT2D eigenvalue weighted by atomic mass is 16.5. The second-order valence-electron chi connectivity index (χ2n) is 8.27. The van der Waals surface area contributed by atoms with Gasteiger partial charge in [0.1, 0.15) is 0 Å². The van der Waals surface area contributed by atoms with Gasteiger partial charge >= 0.3 is 0 Å². The fourth-order valence-corrected chi connectivity index (χ4v) is 6.25. The van der Waals surface area contributed by atoms with E-state index in [1.54, 1.807) is 18.3 Å². The zero-order valence-electron chi connectivity index (χ0n) is 14.3. The Labute approximate surface area is 139 Å². The molecule has 0 saturated heterocycles. The molecule has 0 aliphatic heterocycles. The first kappa shape index (κ1) is 15.3. The predicted molar refractivity (Wildman–Crippen MR) is 88.2 cm³/mol. The van der Waals surface area contributed by atoms with Crippen LogP contribution in [0.2, 0.25) is 0 Å². The normalized spacial score (nSPS) is 45.5. The molecule has 2 fully saturated rings. The minimum atomic E-state index is -1.10. The Hall–Kier alpha value is -1.27.